The van der Waals surface area contributed by atoms with Gasteiger partial charge in [-0.2, -0.15) is 0 Å². The van der Waals surface area contributed by atoms with Gasteiger partial charge in [0.25, 0.3) is 0 Å². The average Bonchev–Trinajstić information content (AvgIpc) is 3.47. The number of aliphatic carboxylic acids is 1. The number of cyclic esters (lactones) is 1. The number of carboxylic acid groups (broad SMARTS) is 1. The van der Waals surface area contributed by atoms with Gasteiger partial charge in [-0.05, 0) is 56.8 Å². The topological polar surface area (TPSA) is 152 Å². The molecule has 0 radical (unpaired) electrons. The molecule has 2 aliphatic heterocycles. The maximum atomic E-state index is 13.0. The molecule has 9 atom stereocenters. The van der Waals surface area contributed by atoms with Crippen molar-refractivity contribution >= 4 is 18.0 Å². The van der Waals surface area contributed by atoms with Crippen molar-refractivity contribution in [1.29, 1.82) is 0 Å². The van der Waals surface area contributed by atoms with Crippen molar-refractivity contribution in [2.45, 2.75) is 103 Å². The van der Waals surface area contributed by atoms with E-state index in [2.05, 4.69) is 4.98 Å². The average molecular weight is 628 g/mol. The van der Waals surface area contributed by atoms with Crippen molar-refractivity contribution in [1.82, 2.24) is 4.98 Å². The Hall–Kier alpha value is -3.31. The molecule has 1 aromatic heterocycles. The lowest BCUT2D eigenvalue weighted by molar-refractivity contribution is -0.150. The van der Waals surface area contributed by atoms with Crippen LogP contribution in [0.25, 0.3) is 6.08 Å². The Kier molecular flexibility index (Phi) is 13.1. The van der Waals surface area contributed by atoms with Crippen molar-refractivity contribution in [2.24, 2.45) is 17.8 Å². The molecule has 0 bridgehead atoms. The highest BCUT2D eigenvalue weighted by Crippen LogP contribution is 2.43. The number of allylic oxidation sites excluding steroid dienone is 5. The Balaban J connectivity index is 1.82. The number of aliphatic hydroxyl groups is 2. The smallest absolute Gasteiger partial charge is 0.330 e. The van der Waals surface area contributed by atoms with Gasteiger partial charge >= 0.3 is 11.9 Å². The monoisotopic (exact) mass is 627 g/mol. The Bertz CT molecular complexity index is 1310. The highest BCUT2D eigenvalue weighted by Gasteiger charge is 2.56. The van der Waals surface area contributed by atoms with Gasteiger partial charge in [0.1, 0.15) is 29.8 Å². The van der Waals surface area contributed by atoms with E-state index in [1.807, 2.05) is 71.1 Å². The summed E-state index contributed by atoms with van der Waals surface area (Å²) < 4.78 is 22.9. The molecule has 0 aromatic carbocycles. The maximum Gasteiger partial charge on any atom is 0.330 e. The van der Waals surface area contributed by atoms with E-state index in [0.29, 0.717) is 12.3 Å². The molecule has 3 N–H and O–H groups in total. The molecule has 0 amide bonds. The van der Waals surface area contributed by atoms with Crippen molar-refractivity contribution in [2.75, 3.05) is 7.11 Å². The van der Waals surface area contributed by atoms with Gasteiger partial charge in [-0.3, -0.25) is 4.79 Å². The molecule has 0 spiro atoms. The third-order valence-corrected chi connectivity index (χ3v) is 8.73. The van der Waals surface area contributed by atoms with Crippen LogP contribution in [0.3, 0.4) is 0 Å². The molecule has 3 heterocycles. The zero-order valence-electron chi connectivity index (χ0n) is 27.4. The molecule has 1 fully saturated rings. The summed E-state index contributed by atoms with van der Waals surface area (Å²) in [6.45, 7) is 11.3. The molecular weight excluding hydrogens is 578 g/mol. The van der Waals surface area contributed by atoms with Crippen LogP contribution in [0.1, 0.15) is 71.9 Å². The molecule has 0 saturated carbocycles. The Morgan fingerprint density at radius 2 is 1.98 bits per heavy atom. The lowest BCUT2D eigenvalue weighted by Gasteiger charge is -2.32. The number of aryl methyl sites for hydroxylation is 1. The van der Waals surface area contributed by atoms with E-state index in [1.165, 1.54) is 6.08 Å². The van der Waals surface area contributed by atoms with Gasteiger partial charge in [-0.15, -0.1) is 0 Å². The van der Waals surface area contributed by atoms with Gasteiger partial charge in [-0.1, -0.05) is 50.3 Å². The first-order valence-electron chi connectivity index (χ1n) is 15.5. The zero-order valence-corrected chi connectivity index (χ0v) is 27.4. The molecule has 2 aliphatic rings. The quantitative estimate of drug-likeness (QED) is 0.141. The lowest BCUT2D eigenvalue weighted by Crippen LogP contribution is -2.41. The molecular formula is C35H49NO9. The number of fused-ring (bicyclic) bond motifs is 1. The second-order valence-corrected chi connectivity index (χ2v) is 12.6. The Morgan fingerprint density at radius 3 is 2.62 bits per heavy atom. The minimum atomic E-state index is -0.967. The van der Waals surface area contributed by atoms with Crippen LogP contribution >= 0.6 is 0 Å². The van der Waals surface area contributed by atoms with Gasteiger partial charge in [0.2, 0.25) is 0 Å². The van der Waals surface area contributed by atoms with E-state index < -0.39 is 42.0 Å². The number of esters is 1. The largest absolute Gasteiger partial charge is 0.481 e. The standard InChI is InChI=1S/C35H49NO9/c1-21(16-27-20-43-25(5)36-27)10-8-11-23(3)34(42-7)24(4)29-19-30(38)35(6)31(45-35)15-14-22(2)28(37)17-26(18-32(39)40)12-9-13-33(41)44-29/h8-11,13-16,20,22,24,26,28-31,34,37-38H,12,17-19H2,1-7H3,(H,39,40)/t22-,24+,26-,28-,29+,30+,31-,34+,35-/m1/s1. The van der Waals surface area contributed by atoms with Crippen molar-refractivity contribution in [3.8, 4) is 0 Å². The fraction of sp³-hybridized carbons (Fsp3) is 0.571. The molecule has 1 saturated heterocycles. The van der Waals surface area contributed by atoms with Crippen LogP contribution in [0.5, 0.6) is 0 Å². The highest BCUT2D eigenvalue weighted by atomic mass is 16.6. The summed E-state index contributed by atoms with van der Waals surface area (Å²) in [5, 5.41) is 31.4. The number of carbonyl (C=O) groups excluding carboxylic acids is 1. The number of aliphatic hydroxyl groups excluding tert-OH is 2. The van der Waals surface area contributed by atoms with E-state index in [4.69, 9.17) is 18.6 Å². The second-order valence-electron chi connectivity index (χ2n) is 12.6. The molecule has 3 rings (SSSR count). The summed E-state index contributed by atoms with van der Waals surface area (Å²) in [4.78, 5) is 28.8. The molecule has 10 nitrogen and oxygen atoms in total. The molecule has 248 valence electrons. The van der Waals surface area contributed by atoms with Crippen molar-refractivity contribution in [3.63, 3.8) is 0 Å². The molecule has 0 aliphatic carbocycles. The van der Waals surface area contributed by atoms with Crippen LogP contribution in [-0.4, -0.2) is 75.5 Å². The van der Waals surface area contributed by atoms with Gasteiger partial charge < -0.3 is 33.9 Å². The SMILES string of the molecule is CO[C@@H](C(C)=CC=CC(C)=Cc1coc(C)n1)[C@@H](C)[C@@H]1C[C@H](O)[C@@]2(C)O[C@@H]2C=C[C@@H](C)[C@H](O)C[C@H](CC(=O)O)CC=CC(=O)O1. The predicted octanol–water partition coefficient (Wildman–Crippen LogP) is 5.35. The number of aromatic nitrogens is 1. The number of carbonyl (C=O) groups is 2. The highest BCUT2D eigenvalue weighted by molar-refractivity contribution is 5.82. The van der Waals surface area contributed by atoms with Crippen LogP contribution in [0.4, 0.5) is 0 Å². The first-order chi connectivity index (χ1) is 21.2. The number of hydrogen-bond donors (Lipinski definition) is 3. The number of hydrogen-bond acceptors (Lipinski definition) is 9. The van der Waals surface area contributed by atoms with Crippen LogP contribution < -0.4 is 0 Å². The van der Waals surface area contributed by atoms with Gasteiger partial charge in [0, 0.05) is 44.8 Å². The third-order valence-electron chi connectivity index (χ3n) is 8.73. The summed E-state index contributed by atoms with van der Waals surface area (Å²) in [6, 6.07) is 0. The summed E-state index contributed by atoms with van der Waals surface area (Å²) >= 11 is 0. The Morgan fingerprint density at radius 1 is 1.24 bits per heavy atom. The van der Waals surface area contributed by atoms with Crippen LogP contribution in [0, 0.1) is 24.7 Å². The first-order valence-corrected chi connectivity index (χ1v) is 15.5. The van der Waals surface area contributed by atoms with E-state index in [1.54, 1.807) is 26.4 Å². The van der Waals surface area contributed by atoms with Crippen molar-refractivity contribution < 1.29 is 43.5 Å². The maximum absolute atomic E-state index is 13.0. The zero-order chi connectivity index (χ0) is 33.3. The van der Waals surface area contributed by atoms with E-state index in [-0.39, 0.29) is 43.1 Å². The number of nitrogens with zero attached hydrogens (tertiary/aromatic N) is 1. The van der Waals surface area contributed by atoms with Crippen LogP contribution in [-0.2, 0) is 23.8 Å². The molecule has 10 heteroatoms. The minimum Gasteiger partial charge on any atom is -0.481 e. The fourth-order valence-electron chi connectivity index (χ4n) is 5.76. The van der Waals surface area contributed by atoms with Crippen LogP contribution in [0.2, 0.25) is 0 Å². The second kappa shape index (κ2) is 16.3. The van der Waals surface area contributed by atoms with Gasteiger partial charge in [0.05, 0.1) is 18.3 Å². The summed E-state index contributed by atoms with van der Waals surface area (Å²) in [5.74, 6) is -1.92. The van der Waals surface area contributed by atoms with E-state index in [9.17, 15) is 24.9 Å². The summed E-state index contributed by atoms with van der Waals surface area (Å²) in [6.07, 6.45) is 13.2. The number of epoxide rings is 1. The molecule has 0 unspecified atom stereocenters. The lowest BCUT2D eigenvalue weighted by atomic mass is 9.85. The Labute approximate surface area is 266 Å². The summed E-state index contributed by atoms with van der Waals surface area (Å²) in [7, 11) is 1.60. The number of carboxylic acids is 1. The van der Waals surface area contributed by atoms with Gasteiger partial charge in [0.15, 0.2) is 5.89 Å². The van der Waals surface area contributed by atoms with Crippen LogP contribution in [0.15, 0.2) is 64.4 Å². The minimum absolute atomic E-state index is 0.114. The number of rotatable bonds is 9. The number of methoxy groups -OCH3 is 1. The summed E-state index contributed by atoms with van der Waals surface area (Å²) in [5.41, 5.74) is 1.74. The molecule has 1 aromatic rings. The first kappa shape index (κ1) is 36.2. The van der Waals surface area contributed by atoms with E-state index in [0.717, 1.165) is 16.8 Å². The number of ether oxygens (including phenoxy) is 3. The molecule has 45 heavy (non-hydrogen) atoms. The fourth-order valence-corrected chi connectivity index (χ4v) is 5.76. The normalized spacial score (nSPS) is 31.8. The van der Waals surface area contributed by atoms with E-state index >= 15 is 0 Å². The predicted molar refractivity (Wildman–Crippen MR) is 170 cm³/mol. The van der Waals surface area contributed by atoms with Gasteiger partial charge in [-0.25, -0.2) is 9.78 Å². The third kappa shape index (κ3) is 10.6. The van der Waals surface area contributed by atoms with Crippen molar-refractivity contribution in [3.05, 3.63) is 71.5 Å². The number of oxazole rings is 1.